The van der Waals surface area contributed by atoms with E-state index in [9.17, 15) is 18.0 Å². The second kappa shape index (κ2) is 9.71. The van der Waals surface area contributed by atoms with Crippen molar-refractivity contribution >= 4 is 62.1 Å². The lowest BCUT2D eigenvalue weighted by Gasteiger charge is -2.23. The molecule has 2 amide bonds. The minimum Gasteiger partial charge on any atom is -0.333 e. The largest absolute Gasteiger partial charge is 0.333 e. The summed E-state index contributed by atoms with van der Waals surface area (Å²) >= 11 is 13.1. The fourth-order valence-electron chi connectivity index (χ4n) is 2.29. The number of hydrogen-bond donors (Lipinski definition) is 1. The summed E-state index contributed by atoms with van der Waals surface area (Å²) in [7, 11) is -2.43. The van der Waals surface area contributed by atoms with Gasteiger partial charge in [0.15, 0.2) is 0 Å². The Morgan fingerprint density at radius 1 is 1.11 bits per heavy atom. The highest BCUT2D eigenvalue weighted by Gasteiger charge is 2.26. The van der Waals surface area contributed by atoms with Crippen LogP contribution in [0.15, 0.2) is 39.9 Å². The normalized spacial score (nSPS) is 11.5. The molecule has 0 saturated carbocycles. The fourth-order valence-corrected chi connectivity index (χ4v) is 5.10. The highest BCUT2D eigenvalue weighted by molar-refractivity contribution is 7.91. The number of anilines is 1. The number of rotatable bonds is 8. The molecule has 2 rings (SSSR count). The average Bonchev–Trinajstić information content (AvgIpc) is 3.18. The van der Waals surface area contributed by atoms with Crippen molar-refractivity contribution in [2.45, 2.75) is 11.1 Å². The first-order valence-corrected chi connectivity index (χ1v) is 11.3. The van der Waals surface area contributed by atoms with Crippen LogP contribution in [0.1, 0.15) is 6.92 Å². The molecule has 0 fully saturated rings. The van der Waals surface area contributed by atoms with Crippen LogP contribution in [-0.2, 0) is 19.6 Å². The van der Waals surface area contributed by atoms with Crippen molar-refractivity contribution in [3.63, 3.8) is 0 Å². The number of likely N-dealkylation sites (N-methyl/N-ethyl adjacent to an activating group) is 2. The van der Waals surface area contributed by atoms with Crippen LogP contribution in [0.5, 0.6) is 0 Å². The first-order chi connectivity index (χ1) is 13.2. The van der Waals surface area contributed by atoms with E-state index in [1.807, 2.05) is 0 Å². The van der Waals surface area contributed by atoms with E-state index >= 15 is 0 Å². The first kappa shape index (κ1) is 22.6. The Bertz CT molecular complexity index is 929. The van der Waals surface area contributed by atoms with Gasteiger partial charge in [0.1, 0.15) is 4.21 Å². The van der Waals surface area contributed by atoms with Gasteiger partial charge < -0.3 is 10.2 Å². The summed E-state index contributed by atoms with van der Waals surface area (Å²) in [5, 5.41) is 4.77. The van der Waals surface area contributed by atoms with Crippen molar-refractivity contribution < 1.29 is 18.0 Å². The Balaban J connectivity index is 2.02. The molecule has 1 aromatic heterocycles. The van der Waals surface area contributed by atoms with E-state index in [2.05, 4.69) is 5.32 Å². The lowest BCUT2D eigenvalue weighted by atomic mass is 10.3. The van der Waals surface area contributed by atoms with E-state index in [1.54, 1.807) is 36.6 Å². The minimum absolute atomic E-state index is 0.150. The van der Waals surface area contributed by atoms with Crippen molar-refractivity contribution in [3.8, 4) is 0 Å². The number of nitrogens with one attached hydrogen (secondary N) is 1. The van der Waals surface area contributed by atoms with Crippen LogP contribution >= 0.6 is 34.5 Å². The number of carbonyl (C=O) groups excluding carboxylic acids is 2. The molecule has 1 aromatic carbocycles. The van der Waals surface area contributed by atoms with Gasteiger partial charge >= 0.3 is 0 Å². The summed E-state index contributed by atoms with van der Waals surface area (Å²) < 4.78 is 26.0. The molecule has 0 aliphatic heterocycles. The monoisotopic (exact) mass is 463 g/mol. The summed E-state index contributed by atoms with van der Waals surface area (Å²) in [6.07, 6.45) is 0. The second-order valence-corrected chi connectivity index (χ2v) is 9.78. The van der Waals surface area contributed by atoms with Crippen molar-refractivity contribution in [2.75, 3.05) is 32.0 Å². The molecule has 152 valence electrons. The van der Waals surface area contributed by atoms with Crippen molar-refractivity contribution in [2.24, 2.45) is 0 Å². The van der Waals surface area contributed by atoms with Crippen LogP contribution < -0.4 is 5.32 Å². The Kier molecular flexibility index (Phi) is 7.85. The maximum Gasteiger partial charge on any atom is 0.252 e. The number of thiophene rings is 1. The molecule has 0 aliphatic rings. The van der Waals surface area contributed by atoms with E-state index in [-0.39, 0.29) is 39.6 Å². The highest BCUT2D eigenvalue weighted by atomic mass is 35.5. The molecule has 1 heterocycles. The number of benzene rings is 1. The molecule has 0 radical (unpaired) electrons. The Morgan fingerprint density at radius 2 is 1.75 bits per heavy atom. The first-order valence-electron chi connectivity index (χ1n) is 8.18. The maximum atomic E-state index is 12.5. The van der Waals surface area contributed by atoms with Crippen LogP contribution in [0.25, 0.3) is 0 Å². The zero-order valence-electron chi connectivity index (χ0n) is 15.2. The standard InChI is InChI=1S/C17H19Cl2N3O4S2/c1-3-22(10-14(23)20-17-12(18)6-4-7-13(17)19)15(24)11-21(2)28(25,26)16-8-5-9-27-16/h4-9H,3,10-11H2,1-2H3,(H,20,23). The molecule has 0 saturated heterocycles. The van der Waals surface area contributed by atoms with Crippen LogP contribution in [0.4, 0.5) is 5.69 Å². The van der Waals surface area contributed by atoms with E-state index in [1.165, 1.54) is 18.0 Å². The topological polar surface area (TPSA) is 86.8 Å². The number of sulfonamides is 1. The molecular weight excluding hydrogens is 445 g/mol. The van der Waals surface area contributed by atoms with Gasteiger partial charge in [0.2, 0.25) is 11.8 Å². The smallest absolute Gasteiger partial charge is 0.252 e. The number of carbonyl (C=O) groups is 2. The zero-order chi connectivity index (χ0) is 20.9. The summed E-state index contributed by atoms with van der Waals surface area (Å²) in [5.74, 6) is -0.987. The van der Waals surface area contributed by atoms with Crippen LogP contribution in [0, 0.1) is 0 Å². The van der Waals surface area contributed by atoms with Crippen LogP contribution in [0.2, 0.25) is 10.0 Å². The summed E-state index contributed by atoms with van der Waals surface area (Å²) in [4.78, 5) is 26.1. The summed E-state index contributed by atoms with van der Waals surface area (Å²) in [5.41, 5.74) is 0.261. The lowest BCUT2D eigenvalue weighted by molar-refractivity contribution is -0.134. The van der Waals surface area contributed by atoms with Gasteiger partial charge in [-0.1, -0.05) is 35.3 Å². The van der Waals surface area contributed by atoms with Crippen LogP contribution in [0.3, 0.4) is 0 Å². The Labute approximate surface area is 177 Å². The van der Waals surface area contributed by atoms with Crippen molar-refractivity contribution in [1.29, 1.82) is 0 Å². The predicted molar refractivity (Wildman–Crippen MR) is 111 cm³/mol. The van der Waals surface area contributed by atoms with Gasteiger partial charge in [0.05, 0.1) is 28.8 Å². The molecule has 0 spiro atoms. The maximum absolute atomic E-state index is 12.5. The molecule has 0 bridgehead atoms. The molecule has 28 heavy (non-hydrogen) atoms. The summed E-state index contributed by atoms with van der Waals surface area (Å²) in [6.45, 7) is 1.29. The van der Waals surface area contributed by atoms with Crippen LogP contribution in [-0.4, -0.2) is 56.1 Å². The Morgan fingerprint density at radius 3 is 2.29 bits per heavy atom. The van der Waals surface area contributed by atoms with Gasteiger partial charge in [-0.2, -0.15) is 4.31 Å². The van der Waals surface area contributed by atoms with Crippen molar-refractivity contribution in [1.82, 2.24) is 9.21 Å². The summed E-state index contributed by atoms with van der Waals surface area (Å²) in [6, 6.07) is 7.90. The molecule has 0 unspecified atom stereocenters. The third-order valence-electron chi connectivity index (χ3n) is 3.81. The van der Waals surface area contributed by atoms with E-state index in [4.69, 9.17) is 23.2 Å². The van der Waals surface area contributed by atoms with Gasteiger partial charge in [0, 0.05) is 13.6 Å². The number of hydrogen-bond acceptors (Lipinski definition) is 5. The molecule has 7 nitrogen and oxygen atoms in total. The zero-order valence-corrected chi connectivity index (χ0v) is 18.3. The van der Waals surface area contributed by atoms with Gasteiger partial charge in [-0.25, -0.2) is 8.42 Å². The van der Waals surface area contributed by atoms with Gasteiger partial charge in [-0.3, -0.25) is 9.59 Å². The molecule has 1 N–H and O–H groups in total. The van der Waals surface area contributed by atoms with E-state index in [0.29, 0.717) is 0 Å². The molecule has 2 aromatic rings. The van der Waals surface area contributed by atoms with E-state index in [0.717, 1.165) is 15.6 Å². The Hall–Kier alpha value is -1.65. The fraction of sp³-hybridized carbons (Fsp3) is 0.294. The van der Waals surface area contributed by atoms with Gasteiger partial charge in [-0.15, -0.1) is 11.3 Å². The minimum atomic E-state index is -3.75. The molecule has 0 aliphatic carbocycles. The van der Waals surface area contributed by atoms with Crippen molar-refractivity contribution in [3.05, 3.63) is 45.8 Å². The van der Waals surface area contributed by atoms with Gasteiger partial charge in [-0.05, 0) is 30.5 Å². The number of amides is 2. The van der Waals surface area contributed by atoms with Gasteiger partial charge in [0.25, 0.3) is 10.0 Å². The highest BCUT2D eigenvalue weighted by Crippen LogP contribution is 2.29. The second-order valence-electron chi connectivity index (χ2n) is 5.75. The molecule has 0 atom stereocenters. The van der Waals surface area contributed by atoms with E-state index < -0.39 is 21.8 Å². The number of nitrogens with zero attached hydrogens (tertiary/aromatic N) is 2. The average molecular weight is 464 g/mol. The SMILES string of the molecule is CCN(CC(=O)Nc1c(Cl)cccc1Cl)C(=O)CN(C)S(=O)(=O)c1cccs1. The molecule has 11 heteroatoms. The lowest BCUT2D eigenvalue weighted by Crippen LogP contribution is -2.44. The number of para-hydroxylation sites is 1. The third-order valence-corrected chi connectivity index (χ3v) is 7.62. The molecular formula is C17H19Cl2N3O4S2. The predicted octanol–water partition coefficient (Wildman–Crippen LogP) is 3.16. The quantitative estimate of drug-likeness (QED) is 0.650. The number of halogens is 2. The third kappa shape index (κ3) is 5.45.